The van der Waals surface area contributed by atoms with E-state index in [1.54, 1.807) is 32.5 Å². The van der Waals surface area contributed by atoms with Crippen molar-refractivity contribution in [3.63, 3.8) is 0 Å². The van der Waals surface area contributed by atoms with Crippen molar-refractivity contribution in [3.05, 3.63) is 36.0 Å². The maximum Gasteiger partial charge on any atom is 0.408 e. The Kier molecular flexibility index (Phi) is 8.79. The zero-order valence-electron chi connectivity index (χ0n) is 18.6. The number of H-pyrrole nitrogens is 1. The highest BCUT2D eigenvalue weighted by atomic mass is 32.2. The van der Waals surface area contributed by atoms with Gasteiger partial charge in [0.05, 0.1) is 7.11 Å². The number of fused-ring (bicyclic) bond motifs is 1. The van der Waals surface area contributed by atoms with Crippen LogP contribution >= 0.6 is 11.8 Å². The number of hydrogen-bond donors (Lipinski definition) is 3. The molecular formula is C22H31N3O5S. The molecule has 2 atom stereocenters. The van der Waals surface area contributed by atoms with Crippen LogP contribution < -0.4 is 10.6 Å². The van der Waals surface area contributed by atoms with E-state index in [2.05, 4.69) is 15.6 Å². The number of aromatic amines is 1. The van der Waals surface area contributed by atoms with E-state index in [4.69, 9.17) is 9.47 Å². The lowest BCUT2D eigenvalue weighted by molar-refractivity contribution is -0.145. The molecule has 8 nitrogen and oxygen atoms in total. The first-order chi connectivity index (χ1) is 14.6. The first kappa shape index (κ1) is 24.6. The summed E-state index contributed by atoms with van der Waals surface area (Å²) in [5.74, 6) is -0.328. The van der Waals surface area contributed by atoms with Crippen LogP contribution in [0.15, 0.2) is 30.5 Å². The number of carbonyl (C=O) groups is 3. The molecule has 0 fully saturated rings. The topological polar surface area (TPSA) is 110 Å². The molecule has 2 amide bonds. The van der Waals surface area contributed by atoms with Crippen LogP contribution in [0.4, 0.5) is 4.79 Å². The van der Waals surface area contributed by atoms with Gasteiger partial charge in [0.2, 0.25) is 5.91 Å². The fourth-order valence-corrected chi connectivity index (χ4v) is 3.55. The summed E-state index contributed by atoms with van der Waals surface area (Å²) in [6.07, 6.45) is 3.68. The van der Waals surface area contributed by atoms with Gasteiger partial charge in [-0.25, -0.2) is 9.59 Å². The van der Waals surface area contributed by atoms with E-state index in [1.165, 1.54) is 7.11 Å². The Hall–Kier alpha value is -2.68. The van der Waals surface area contributed by atoms with Crippen LogP contribution in [-0.2, 0) is 25.5 Å². The molecule has 0 aliphatic heterocycles. The molecule has 9 heteroatoms. The van der Waals surface area contributed by atoms with E-state index < -0.39 is 35.7 Å². The van der Waals surface area contributed by atoms with E-state index in [0.717, 1.165) is 16.5 Å². The second kappa shape index (κ2) is 11.1. The number of thioether (sulfide) groups is 1. The Morgan fingerprint density at radius 3 is 2.48 bits per heavy atom. The van der Waals surface area contributed by atoms with Crippen molar-refractivity contribution in [1.82, 2.24) is 15.6 Å². The first-order valence-electron chi connectivity index (χ1n) is 10.1. The number of rotatable bonds is 9. The summed E-state index contributed by atoms with van der Waals surface area (Å²) in [6, 6.07) is 5.97. The lowest BCUT2D eigenvalue weighted by atomic mass is 10.0. The number of hydrogen-bond acceptors (Lipinski definition) is 6. The van der Waals surface area contributed by atoms with Gasteiger partial charge in [0.25, 0.3) is 0 Å². The first-order valence-corrected chi connectivity index (χ1v) is 11.5. The van der Waals surface area contributed by atoms with E-state index in [0.29, 0.717) is 12.2 Å². The second-order valence-electron chi connectivity index (χ2n) is 8.13. The van der Waals surface area contributed by atoms with Crippen molar-refractivity contribution in [2.75, 3.05) is 19.1 Å². The van der Waals surface area contributed by atoms with Crippen molar-refractivity contribution in [3.8, 4) is 0 Å². The van der Waals surface area contributed by atoms with Gasteiger partial charge in [-0.2, -0.15) is 11.8 Å². The Bertz CT molecular complexity index is 906. The van der Waals surface area contributed by atoms with Gasteiger partial charge in [-0.15, -0.1) is 0 Å². The minimum Gasteiger partial charge on any atom is -0.467 e. The van der Waals surface area contributed by atoms with Gasteiger partial charge in [0.15, 0.2) is 0 Å². The number of carbonyl (C=O) groups excluding carboxylic acids is 3. The second-order valence-corrected chi connectivity index (χ2v) is 9.11. The molecule has 0 saturated heterocycles. The average molecular weight is 450 g/mol. The van der Waals surface area contributed by atoms with Crippen molar-refractivity contribution in [2.45, 2.75) is 51.3 Å². The lowest BCUT2D eigenvalue weighted by Gasteiger charge is -2.24. The number of ether oxygens (including phenoxy) is 2. The largest absolute Gasteiger partial charge is 0.467 e. The van der Waals surface area contributed by atoms with Gasteiger partial charge < -0.3 is 25.1 Å². The molecule has 31 heavy (non-hydrogen) atoms. The van der Waals surface area contributed by atoms with Gasteiger partial charge in [-0.3, -0.25) is 4.79 Å². The van der Waals surface area contributed by atoms with Gasteiger partial charge >= 0.3 is 12.1 Å². The molecule has 0 spiro atoms. The van der Waals surface area contributed by atoms with Crippen molar-refractivity contribution in [1.29, 1.82) is 0 Å². The van der Waals surface area contributed by atoms with Crippen LogP contribution in [0.25, 0.3) is 10.9 Å². The monoisotopic (exact) mass is 449 g/mol. The molecule has 0 aliphatic carbocycles. The third kappa shape index (κ3) is 7.50. The van der Waals surface area contributed by atoms with Crippen LogP contribution in [-0.4, -0.2) is 59.8 Å². The van der Waals surface area contributed by atoms with Crippen LogP contribution in [0.3, 0.4) is 0 Å². The van der Waals surface area contributed by atoms with Crippen LogP contribution in [0.1, 0.15) is 32.8 Å². The predicted molar refractivity (Wildman–Crippen MR) is 122 cm³/mol. The molecule has 2 rings (SSSR count). The zero-order valence-corrected chi connectivity index (χ0v) is 19.4. The minimum absolute atomic E-state index is 0.228. The highest BCUT2D eigenvalue weighted by Gasteiger charge is 2.29. The molecule has 1 heterocycles. The number of aromatic nitrogens is 1. The van der Waals surface area contributed by atoms with Gasteiger partial charge in [0, 0.05) is 23.5 Å². The fourth-order valence-electron chi connectivity index (χ4n) is 3.08. The lowest BCUT2D eigenvalue weighted by Crippen LogP contribution is -2.53. The van der Waals surface area contributed by atoms with Crippen molar-refractivity contribution in [2.24, 2.45) is 0 Å². The van der Waals surface area contributed by atoms with Gasteiger partial charge in [-0.05, 0) is 50.8 Å². The van der Waals surface area contributed by atoms with E-state index in [9.17, 15) is 14.4 Å². The predicted octanol–water partition coefficient (Wildman–Crippen LogP) is 3.01. The molecule has 2 unspecified atom stereocenters. The molecule has 0 aliphatic rings. The molecule has 3 N–H and O–H groups in total. The number of esters is 1. The fraction of sp³-hybridized carbons (Fsp3) is 0.500. The van der Waals surface area contributed by atoms with E-state index in [1.807, 2.05) is 36.7 Å². The van der Waals surface area contributed by atoms with Crippen LogP contribution in [0.5, 0.6) is 0 Å². The van der Waals surface area contributed by atoms with Crippen LogP contribution in [0, 0.1) is 0 Å². The molecule has 1 aromatic carbocycles. The Labute approximate surface area is 186 Å². The van der Waals surface area contributed by atoms with Crippen molar-refractivity contribution < 1.29 is 23.9 Å². The summed E-state index contributed by atoms with van der Waals surface area (Å²) in [7, 11) is 1.28. The summed E-state index contributed by atoms with van der Waals surface area (Å²) in [4.78, 5) is 40.8. The number of alkyl carbamates (subject to hydrolysis) is 1. The summed E-state index contributed by atoms with van der Waals surface area (Å²) in [5, 5.41) is 6.33. The summed E-state index contributed by atoms with van der Waals surface area (Å²) >= 11 is 1.56. The molecule has 1 aromatic heterocycles. The van der Waals surface area contributed by atoms with Gasteiger partial charge in [-0.1, -0.05) is 18.2 Å². The van der Waals surface area contributed by atoms with Crippen molar-refractivity contribution >= 4 is 40.6 Å². The Morgan fingerprint density at radius 1 is 1.13 bits per heavy atom. The number of nitrogens with one attached hydrogen (secondary N) is 3. The molecule has 0 radical (unpaired) electrons. The number of benzene rings is 1. The molecule has 0 saturated carbocycles. The molecular weight excluding hydrogens is 418 g/mol. The highest BCUT2D eigenvalue weighted by Crippen LogP contribution is 2.19. The SMILES string of the molecule is COC(=O)C(CCSC)NC(=O)C(Cc1c[nH]c2ccccc12)NC(=O)OC(C)(C)C. The highest BCUT2D eigenvalue weighted by molar-refractivity contribution is 7.98. The quantitative estimate of drug-likeness (QED) is 0.508. The minimum atomic E-state index is -0.935. The third-order valence-corrected chi connectivity index (χ3v) is 5.16. The van der Waals surface area contributed by atoms with Gasteiger partial charge in [0.1, 0.15) is 17.7 Å². The average Bonchev–Trinajstić information content (AvgIpc) is 3.11. The maximum atomic E-state index is 13.1. The van der Waals surface area contributed by atoms with E-state index >= 15 is 0 Å². The zero-order chi connectivity index (χ0) is 23.0. The third-order valence-electron chi connectivity index (χ3n) is 4.52. The number of methoxy groups -OCH3 is 1. The molecule has 170 valence electrons. The normalized spacial score (nSPS) is 13.3. The smallest absolute Gasteiger partial charge is 0.408 e. The number of amides is 2. The van der Waals surface area contributed by atoms with Crippen LogP contribution in [0.2, 0.25) is 0 Å². The summed E-state index contributed by atoms with van der Waals surface area (Å²) < 4.78 is 10.2. The summed E-state index contributed by atoms with van der Waals surface area (Å²) in [6.45, 7) is 5.24. The Morgan fingerprint density at radius 2 is 1.84 bits per heavy atom. The Balaban J connectivity index is 2.23. The summed E-state index contributed by atoms with van der Waals surface area (Å²) in [5.41, 5.74) is 1.09. The molecule has 0 bridgehead atoms. The maximum absolute atomic E-state index is 13.1. The van der Waals surface area contributed by atoms with E-state index in [-0.39, 0.29) is 6.42 Å². The number of para-hydroxylation sites is 1. The standard InChI is InChI=1S/C22H31N3O5S/c1-22(2,3)30-21(28)25-18(12-14-13-23-16-9-7-6-8-15(14)16)19(26)24-17(10-11-31-5)20(27)29-4/h6-9,13,17-18,23H,10-12H2,1-5H3,(H,24,26)(H,25,28). The molecule has 2 aromatic rings.